The summed E-state index contributed by atoms with van der Waals surface area (Å²) in [7, 11) is 0. The van der Waals surface area contributed by atoms with Crippen molar-refractivity contribution >= 4 is 28.7 Å². The highest BCUT2D eigenvalue weighted by molar-refractivity contribution is 7.12. The second-order valence-electron chi connectivity index (χ2n) is 5.43. The van der Waals surface area contributed by atoms with Crippen LogP contribution in [0.15, 0.2) is 11.4 Å². The van der Waals surface area contributed by atoms with Crippen LogP contribution in [0.2, 0.25) is 0 Å². The molecule has 0 spiro atoms. The quantitative estimate of drug-likeness (QED) is 0.625. The first-order valence-corrected chi connectivity index (χ1v) is 8.13. The van der Waals surface area contributed by atoms with Gasteiger partial charge in [0.1, 0.15) is 0 Å². The van der Waals surface area contributed by atoms with Crippen LogP contribution in [0.4, 0.5) is 0 Å². The number of nitrogens with zero attached hydrogens (tertiary/aromatic N) is 2. The number of alkyl halides is 1. The SMILES string of the molecule is Cc1cc(C(=O)C(C)Cl)c(C)n1-c1nc(C2CC2)cs1. The molecule has 1 atom stereocenters. The van der Waals surface area contributed by atoms with Crippen LogP contribution in [0, 0.1) is 13.8 Å². The van der Waals surface area contributed by atoms with Gasteiger partial charge in [-0.05, 0) is 39.7 Å². The van der Waals surface area contributed by atoms with Gasteiger partial charge in [-0.1, -0.05) is 0 Å². The minimum Gasteiger partial charge on any atom is -0.294 e. The highest BCUT2D eigenvalue weighted by atomic mass is 35.5. The van der Waals surface area contributed by atoms with Crippen LogP contribution in [0.1, 0.15) is 53.1 Å². The van der Waals surface area contributed by atoms with Crippen LogP contribution in [0.3, 0.4) is 0 Å². The summed E-state index contributed by atoms with van der Waals surface area (Å²) in [4.78, 5) is 16.8. The van der Waals surface area contributed by atoms with Crippen molar-refractivity contribution in [2.45, 2.75) is 44.9 Å². The van der Waals surface area contributed by atoms with Gasteiger partial charge in [-0.25, -0.2) is 4.98 Å². The van der Waals surface area contributed by atoms with Crippen LogP contribution in [0.25, 0.3) is 5.13 Å². The first-order chi connectivity index (χ1) is 9.49. The van der Waals surface area contributed by atoms with Crippen molar-refractivity contribution in [3.63, 3.8) is 0 Å². The van der Waals surface area contributed by atoms with E-state index in [1.807, 2.05) is 19.9 Å². The minimum absolute atomic E-state index is 0.0232. The Morgan fingerprint density at radius 3 is 2.80 bits per heavy atom. The van der Waals surface area contributed by atoms with Crippen molar-refractivity contribution in [1.82, 2.24) is 9.55 Å². The molecule has 1 aliphatic rings. The zero-order valence-corrected chi connectivity index (χ0v) is 13.4. The van der Waals surface area contributed by atoms with Crippen LogP contribution in [-0.2, 0) is 0 Å². The van der Waals surface area contributed by atoms with Gasteiger partial charge in [0, 0.05) is 28.2 Å². The Morgan fingerprint density at radius 2 is 2.20 bits per heavy atom. The lowest BCUT2D eigenvalue weighted by molar-refractivity contribution is 0.0991. The van der Waals surface area contributed by atoms with Crippen LogP contribution in [0.5, 0.6) is 0 Å². The molecule has 5 heteroatoms. The fraction of sp³-hybridized carbons (Fsp3) is 0.467. The molecule has 1 unspecified atom stereocenters. The average molecular weight is 309 g/mol. The molecule has 1 aliphatic carbocycles. The minimum atomic E-state index is -0.498. The molecule has 2 aromatic rings. The number of carbonyl (C=O) groups excluding carboxylic acids is 1. The number of ketones is 1. The largest absolute Gasteiger partial charge is 0.294 e. The first kappa shape index (κ1) is 13.8. The number of rotatable bonds is 4. The van der Waals surface area contributed by atoms with E-state index in [9.17, 15) is 4.79 Å². The van der Waals surface area contributed by atoms with Gasteiger partial charge in [-0.3, -0.25) is 9.36 Å². The lowest BCUT2D eigenvalue weighted by atomic mass is 10.1. The molecule has 0 aromatic carbocycles. The van der Waals surface area contributed by atoms with Crippen LogP contribution < -0.4 is 0 Å². The van der Waals surface area contributed by atoms with Crippen molar-refractivity contribution in [3.05, 3.63) is 34.1 Å². The summed E-state index contributed by atoms with van der Waals surface area (Å²) in [6.45, 7) is 5.67. The molecule has 106 valence electrons. The zero-order valence-electron chi connectivity index (χ0n) is 11.8. The molecule has 1 saturated carbocycles. The maximum Gasteiger partial charge on any atom is 0.194 e. The third kappa shape index (κ3) is 2.31. The number of carbonyl (C=O) groups is 1. The second-order valence-corrected chi connectivity index (χ2v) is 6.92. The molecular formula is C15H17ClN2OS. The lowest BCUT2D eigenvalue weighted by Crippen LogP contribution is -2.11. The van der Waals surface area contributed by atoms with E-state index in [1.165, 1.54) is 18.5 Å². The summed E-state index contributed by atoms with van der Waals surface area (Å²) < 4.78 is 2.06. The molecule has 0 radical (unpaired) electrons. The second kappa shape index (κ2) is 5.01. The summed E-state index contributed by atoms with van der Waals surface area (Å²) in [5, 5.41) is 2.59. The molecule has 20 heavy (non-hydrogen) atoms. The Balaban J connectivity index is 2.02. The van der Waals surface area contributed by atoms with Gasteiger partial charge in [-0.15, -0.1) is 22.9 Å². The van der Waals surface area contributed by atoms with Crippen molar-refractivity contribution < 1.29 is 4.79 Å². The molecular weight excluding hydrogens is 292 g/mol. The van der Waals surface area contributed by atoms with E-state index in [0.717, 1.165) is 16.5 Å². The third-order valence-electron chi connectivity index (χ3n) is 3.75. The van der Waals surface area contributed by atoms with E-state index < -0.39 is 5.38 Å². The van der Waals surface area contributed by atoms with Gasteiger partial charge >= 0.3 is 0 Å². The van der Waals surface area contributed by atoms with Gasteiger partial charge in [0.05, 0.1) is 11.1 Å². The van der Waals surface area contributed by atoms with E-state index in [1.54, 1.807) is 18.3 Å². The fourth-order valence-corrected chi connectivity index (χ4v) is 3.60. The maximum atomic E-state index is 12.1. The predicted molar refractivity (Wildman–Crippen MR) is 82.5 cm³/mol. The molecule has 0 N–H and O–H groups in total. The van der Waals surface area contributed by atoms with Crippen molar-refractivity contribution in [2.24, 2.45) is 0 Å². The van der Waals surface area contributed by atoms with Crippen molar-refractivity contribution in [3.8, 4) is 5.13 Å². The Labute approximate surface area is 127 Å². The average Bonchev–Trinajstić information content (AvgIpc) is 3.07. The van der Waals surface area contributed by atoms with Crippen molar-refractivity contribution in [1.29, 1.82) is 0 Å². The summed E-state index contributed by atoms with van der Waals surface area (Å²) >= 11 is 7.56. The number of aryl methyl sites for hydroxylation is 1. The van der Waals surface area contributed by atoms with E-state index >= 15 is 0 Å². The molecule has 0 bridgehead atoms. The summed E-state index contributed by atoms with van der Waals surface area (Å²) in [6, 6.07) is 1.91. The van der Waals surface area contributed by atoms with E-state index in [0.29, 0.717) is 11.5 Å². The van der Waals surface area contributed by atoms with E-state index in [4.69, 9.17) is 16.6 Å². The monoisotopic (exact) mass is 308 g/mol. The van der Waals surface area contributed by atoms with Crippen LogP contribution >= 0.6 is 22.9 Å². The summed E-state index contributed by atoms with van der Waals surface area (Å²) in [5.41, 5.74) is 3.85. The molecule has 0 amide bonds. The number of halogens is 1. The Hall–Kier alpha value is -1.13. The topological polar surface area (TPSA) is 34.9 Å². The van der Waals surface area contributed by atoms with Gasteiger partial charge in [0.15, 0.2) is 10.9 Å². The molecule has 3 rings (SSSR count). The van der Waals surface area contributed by atoms with Crippen LogP contribution in [-0.4, -0.2) is 20.7 Å². The number of hydrogen-bond donors (Lipinski definition) is 0. The standard InChI is InChI=1S/C15H17ClN2OS/c1-8-6-12(14(19)9(2)16)10(3)18(8)15-17-13(7-20-15)11-4-5-11/h6-7,9,11H,4-5H2,1-3H3. The molecule has 0 aliphatic heterocycles. The van der Waals surface area contributed by atoms with E-state index in [2.05, 4.69) is 9.95 Å². The summed E-state index contributed by atoms with van der Waals surface area (Å²) in [6.07, 6.45) is 2.50. The van der Waals surface area contributed by atoms with E-state index in [-0.39, 0.29) is 5.78 Å². The Kier molecular flexibility index (Phi) is 3.46. The van der Waals surface area contributed by atoms with Crippen molar-refractivity contribution in [2.75, 3.05) is 0 Å². The number of hydrogen-bond acceptors (Lipinski definition) is 3. The molecule has 0 saturated heterocycles. The molecule has 3 nitrogen and oxygen atoms in total. The van der Waals surface area contributed by atoms with Gasteiger partial charge in [-0.2, -0.15) is 0 Å². The predicted octanol–water partition coefficient (Wildman–Crippen LogP) is 4.24. The molecule has 1 fully saturated rings. The normalized spacial score (nSPS) is 16.4. The van der Waals surface area contributed by atoms with Gasteiger partial charge in [0.25, 0.3) is 0 Å². The number of aromatic nitrogens is 2. The zero-order chi connectivity index (χ0) is 14.4. The highest BCUT2D eigenvalue weighted by Crippen LogP contribution is 2.41. The maximum absolute atomic E-state index is 12.1. The van der Waals surface area contributed by atoms with Gasteiger partial charge < -0.3 is 0 Å². The Bertz CT molecular complexity index is 667. The molecule has 2 aromatic heterocycles. The lowest BCUT2D eigenvalue weighted by Gasteiger charge is -2.06. The summed E-state index contributed by atoms with van der Waals surface area (Å²) in [5.74, 6) is 0.630. The smallest absolute Gasteiger partial charge is 0.194 e. The van der Waals surface area contributed by atoms with Gasteiger partial charge in [0.2, 0.25) is 0 Å². The fourth-order valence-electron chi connectivity index (χ4n) is 2.47. The first-order valence-electron chi connectivity index (χ1n) is 6.82. The third-order valence-corrected chi connectivity index (χ3v) is 4.80. The number of thiazole rings is 1. The number of Topliss-reactive ketones (excluding diaryl/α,β-unsaturated/α-hetero) is 1. The highest BCUT2D eigenvalue weighted by Gasteiger charge is 2.27. The molecule has 2 heterocycles. The Morgan fingerprint density at radius 1 is 1.50 bits per heavy atom.